The Labute approximate surface area is 195 Å². The maximum atomic E-state index is 13.1. The molecule has 1 aliphatic rings. The van der Waals surface area contributed by atoms with Gasteiger partial charge >= 0.3 is 0 Å². The molecule has 0 N–H and O–H groups in total. The summed E-state index contributed by atoms with van der Waals surface area (Å²) >= 11 is 0. The van der Waals surface area contributed by atoms with Crippen LogP contribution in [0, 0.1) is 25.2 Å². The second kappa shape index (κ2) is 10.3. The number of aromatic nitrogens is 3. The number of Topliss-reactive ketones (excluding diaryl/α,β-unsaturated/α-hetero) is 1. The van der Waals surface area contributed by atoms with E-state index in [-0.39, 0.29) is 5.92 Å². The van der Waals surface area contributed by atoms with Crippen molar-refractivity contribution in [3.05, 3.63) is 46.5 Å². The van der Waals surface area contributed by atoms with E-state index in [9.17, 15) is 4.79 Å². The fourth-order valence-corrected chi connectivity index (χ4v) is 4.75. The van der Waals surface area contributed by atoms with E-state index in [0.717, 1.165) is 36.5 Å². The van der Waals surface area contributed by atoms with Crippen molar-refractivity contribution in [2.45, 2.75) is 112 Å². The van der Waals surface area contributed by atoms with E-state index in [4.69, 9.17) is 5.10 Å². The Morgan fingerprint density at radius 2 is 1.88 bits per heavy atom. The molecule has 1 aliphatic carbocycles. The lowest BCUT2D eigenvalue weighted by Crippen LogP contribution is -2.17. The molecule has 0 radical (unpaired) electrons. The lowest BCUT2D eigenvalue weighted by atomic mass is 9.89. The number of carbonyl (C=O) groups excluding carboxylic acids is 1. The van der Waals surface area contributed by atoms with E-state index in [1.54, 1.807) is 0 Å². The van der Waals surface area contributed by atoms with Crippen molar-refractivity contribution >= 4 is 5.78 Å². The minimum absolute atomic E-state index is 0.151. The molecule has 176 valence electrons. The largest absolute Gasteiger partial charge is 0.312 e. The van der Waals surface area contributed by atoms with Gasteiger partial charge in [-0.15, -0.1) is 10.2 Å². The topological polar surface area (TPSA) is 47.8 Å². The molecular weight excluding hydrogens is 394 g/mol. The molecule has 4 nitrogen and oxygen atoms in total. The summed E-state index contributed by atoms with van der Waals surface area (Å²) < 4.78 is 2.42. The SMILES string of the molecule is Cc1ccc(CC(=O)CC(CC(C)C)c2nnc(CCCC(C)(C)C)n2C2CC2)c(C)c1. The smallest absolute Gasteiger partial charge is 0.138 e. The molecule has 0 saturated heterocycles. The summed E-state index contributed by atoms with van der Waals surface area (Å²) in [5.41, 5.74) is 3.94. The normalized spacial score (nSPS) is 15.4. The zero-order chi connectivity index (χ0) is 23.5. The first-order valence-corrected chi connectivity index (χ1v) is 12.5. The molecule has 2 aromatic rings. The molecule has 32 heavy (non-hydrogen) atoms. The van der Waals surface area contributed by atoms with Gasteiger partial charge in [-0.25, -0.2) is 0 Å². The molecule has 0 aliphatic heterocycles. The van der Waals surface area contributed by atoms with Gasteiger partial charge < -0.3 is 4.57 Å². The van der Waals surface area contributed by atoms with E-state index in [0.29, 0.717) is 36.0 Å². The van der Waals surface area contributed by atoms with Crippen LogP contribution in [-0.4, -0.2) is 20.5 Å². The summed E-state index contributed by atoms with van der Waals surface area (Å²) in [5.74, 6) is 3.16. The van der Waals surface area contributed by atoms with Gasteiger partial charge in [0.1, 0.15) is 17.4 Å². The first-order valence-electron chi connectivity index (χ1n) is 12.5. The van der Waals surface area contributed by atoms with Crippen LogP contribution in [0.1, 0.15) is 113 Å². The summed E-state index contributed by atoms with van der Waals surface area (Å²) in [7, 11) is 0. The number of carbonyl (C=O) groups is 1. The monoisotopic (exact) mass is 437 g/mol. The van der Waals surface area contributed by atoms with Crippen molar-refractivity contribution in [3.63, 3.8) is 0 Å². The lowest BCUT2D eigenvalue weighted by Gasteiger charge is -2.21. The first-order chi connectivity index (χ1) is 15.0. The summed E-state index contributed by atoms with van der Waals surface area (Å²) in [6, 6.07) is 6.92. The van der Waals surface area contributed by atoms with E-state index < -0.39 is 0 Å². The van der Waals surface area contributed by atoms with Gasteiger partial charge in [-0.1, -0.05) is 58.4 Å². The van der Waals surface area contributed by atoms with Crippen LogP contribution in [0.2, 0.25) is 0 Å². The number of ketones is 1. The fraction of sp³-hybridized carbons (Fsp3) is 0.679. The Morgan fingerprint density at radius 1 is 1.16 bits per heavy atom. The molecular formula is C28H43N3O. The van der Waals surface area contributed by atoms with Gasteiger partial charge in [-0.3, -0.25) is 4.79 Å². The molecule has 3 rings (SSSR count). The van der Waals surface area contributed by atoms with Gasteiger partial charge in [-0.05, 0) is 68.4 Å². The maximum Gasteiger partial charge on any atom is 0.138 e. The number of benzene rings is 1. The molecule has 1 fully saturated rings. The van der Waals surface area contributed by atoms with Crippen LogP contribution in [-0.2, 0) is 17.6 Å². The number of hydrogen-bond acceptors (Lipinski definition) is 3. The summed E-state index contributed by atoms with van der Waals surface area (Å²) in [4.78, 5) is 13.1. The molecule has 1 saturated carbocycles. The van der Waals surface area contributed by atoms with Gasteiger partial charge in [0.05, 0.1) is 0 Å². The Morgan fingerprint density at radius 3 is 2.47 bits per heavy atom. The Kier molecular flexibility index (Phi) is 7.95. The Bertz CT molecular complexity index is 915. The fourth-order valence-electron chi connectivity index (χ4n) is 4.75. The third-order valence-electron chi connectivity index (χ3n) is 6.51. The van der Waals surface area contributed by atoms with Gasteiger partial charge in [-0.2, -0.15) is 0 Å². The molecule has 1 heterocycles. The van der Waals surface area contributed by atoms with Crippen LogP contribution in [0.15, 0.2) is 18.2 Å². The predicted octanol–water partition coefficient (Wildman–Crippen LogP) is 6.93. The molecule has 1 unspecified atom stereocenters. The zero-order valence-electron chi connectivity index (χ0n) is 21.4. The van der Waals surface area contributed by atoms with E-state index in [1.165, 1.54) is 30.4 Å². The highest BCUT2D eigenvalue weighted by atomic mass is 16.1. The Hall–Kier alpha value is -1.97. The van der Waals surface area contributed by atoms with Crippen LogP contribution in [0.4, 0.5) is 0 Å². The van der Waals surface area contributed by atoms with Crippen molar-refractivity contribution in [3.8, 4) is 0 Å². The van der Waals surface area contributed by atoms with Gasteiger partial charge in [0.25, 0.3) is 0 Å². The molecule has 0 spiro atoms. The molecule has 0 bridgehead atoms. The minimum atomic E-state index is 0.151. The molecule has 1 atom stereocenters. The highest BCUT2D eigenvalue weighted by Gasteiger charge is 2.33. The second-order valence-corrected chi connectivity index (χ2v) is 11.7. The molecule has 0 amide bonds. The maximum absolute atomic E-state index is 13.1. The van der Waals surface area contributed by atoms with Crippen LogP contribution >= 0.6 is 0 Å². The summed E-state index contributed by atoms with van der Waals surface area (Å²) in [6.45, 7) is 15.6. The van der Waals surface area contributed by atoms with Crippen LogP contribution in [0.3, 0.4) is 0 Å². The number of aryl methyl sites for hydroxylation is 3. The summed E-state index contributed by atoms with van der Waals surface area (Å²) in [6.07, 6.45) is 7.76. The highest BCUT2D eigenvalue weighted by Crippen LogP contribution is 2.40. The third kappa shape index (κ3) is 7.02. The quantitative estimate of drug-likeness (QED) is 0.383. The number of hydrogen-bond donors (Lipinski definition) is 0. The standard InChI is InChI=1S/C28H43N3O/c1-19(2)15-23(18-25(32)17-22-11-10-20(3)16-21(22)4)27-30-29-26(31(27)24-12-13-24)9-8-14-28(5,6)7/h10-11,16,19,23-24H,8-9,12-15,17-18H2,1-7H3. The van der Waals surface area contributed by atoms with E-state index >= 15 is 0 Å². The average molecular weight is 438 g/mol. The van der Waals surface area contributed by atoms with Crippen molar-refractivity contribution in [1.82, 2.24) is 14.8 Å². The van der Waals surface area contributed by atoms with E-state index in [2.05, 4.69) is 76.3 Å². The van der Waals surface area contributed by atoms with Crippen molar-refractivity contribution < 1.29 is 4.79 Å². The predicted molar refractivity (Wildman–Crippen MR) is 132 cm³/mol. The second-order valence-electron chi connectivity index (χ2n) is 11.7. The van der Waals surface area contributed by atoms with Crippen molar-refractivity contribution in [2.24, 2.45) is 11.3 Å². The minimum Gasteiger partial charge on any atom is -0.312 e. The third-order valence-corrected chi connectivity index (χ3v) is 6.51. The van der Waals surface area contributed by atoms with Gasteiger partial charge in [0.2, 0.25) is 0 Å². The summed E-state index contributed by atoms with van der Waals surface area (Å²) in [5, 5.41) is 9.34. The Balaban J connectivity index is 1.77. The molecule has 1 aromatic carbocycles. The molecule has 1 aromatic heterocycles. The van der Waals surface area contributed by atoms with Crippen molar-refractivity contribution in [1.29, 1.82) is 0 Å². The first kappa shape index (κ1) is 24.7. The van der Waals surface area contributed by atoms with Crippen LogP contribution in [0.5, 0.6) is 0 Å². The molecule has 4 heteroatoms. The van der Waals surface area contributed by atoms with Gasteiger partial charge in [0.15, 0.2) is 0 Å². The van der Waals surface area contributed by atoms with Crippen LogP contribution in [0.25, 0.3) is 0 Å². The number of rotatable bonds is 11. The highest BCUT2D eigenvalue weighted by molar-refractivity contribution is 5.82. The lowest BCUT2D eigenvalue weighted by molar-refractivity contribution is -0.118. The average Bonchev–Trinajstić information content (AvgIpc) is 3.42. The van der Waals surface area contributed by atoms with E-state index in [1.807, 2.05) is 0 Å². The number of nitrogens with zero attached hydrogens (tertiary/aromatic N) is 3. The van der Waals surface area contributed by atoms with Crippen LogP contribution < -0.4 is 0 Å². The zero-order valence-corrected chi connectivity index (χ0v) is 21.4. The van der Waals surface area contributed by atoms with Gasteiger partial charge in [0, 0.05) is 31.2 Å². The van der Waals surface area contributed by atoms with Crippen molar-refractivity contribution in [2.75, 3.05) is 0 Å².